The lowest BCUT2D eigenvalue weighted by Gasteiger charge is -2.21. The maximum absolute atomic E-state index is 13.1. The van der Waals surface area contributed by atoms with Gasteiger partial charge in [0.1, 0.15) is 19.3 Å². The van der Waals surface area contributed by atoms with Gasteiger partial charge in [0.15, 0.2) is 12.2 Å². The molecule has 0 aliphatic carbocycles. The van der Waals surface area contributed by atoms with Crippen LogP contribution in [0.5, 0.6) is 0 Å². The predicted octanol–water partition coefficient (Wildman–Crippen LogP) is 24.0. The summed E-state index contributed by atoms with van der Waals surface area (Å²) in [7, 11) is -9.92. The highest BCUT2D eigenvalue weighted by Gasteiger charge is 2.30. The van der Waals surface area contributed by atoms with Crippen molar-refractivity contribution < 1.29 is 80.2 Å². The summed E-state index contributed by atoms with van der Waals surface area (Å²) >= 11 is 0. The lowest BCUT2D eigenvalue weighted by molar-refractivity contribution is -0.161. The van der Waals surface area contributed by atoms with Gasteiger partial charge in [0.2, 0.25) is 0 Å². The van der Waals surface area contributed by atoms with E-state index in [2.05, 4.69) is 55.4 Å². The summed E-state index contributed by atoms with van der Waals surface area (Å²) < 4.78 is 68.7. The Balaban J connectivity index is 5.27. The van der Waals surface area contributed by atoms with Crippen molar-refractivity contribution in [3.8, 4) is 0 Å². The quantitative estimate of drug-likeness (QED) is 0.0222. The Kier molecular flexibility index (Phi) is 68.7. The number of phosphoric ester groups is 2. The minimum Gasteiger partial charge on any atom is -0.462 e. The molecule has 6 atom stereocenters. The Bertz CT molecular complexity index is 1960. The molecule has 0 amide bonds. The molecule has 0 saturated heterocycles. The molecule has 17 nitrogen and oxygen atoms in total. The molecule has 0 fully saturated rings. The maximum Gasteiger partial charge on any atom is 0.472 e. The van der Waals surface area contributed by atoms with Crippen molar-refractivity contribution >= 4 is 39.5 Å². The van der Waals surface area contributed by atoms with Crippen LogP contribution in [0.15, 0.2) is 0 Å². The van der Waals surface area contributed by atoms with E-state index in [0.29, 0.717) is 25.7 Å². The first-order valence-electron chi connectivity index (χ1n) is 41.7. The number of aliphatic hydroxyl groups is 1. The summed E-state index contributed by atoms with van der Waals surface area (Å²) in [6.07, 6.45) is 56.8. The molecular weight excluding hydrogens is 1310 g/mol. The van der Waals surface area contributed by atoms with Crippen LogP contribution < -0.4 is 0 Å². The number of carbonyl (C=O) groups is 4. The van der Waals surface area contributed by atoms with E-state index < -0.39 is 97.5 Å². The van der Waals surface area contributed by atoms with Crippen LogP contribution in [0.2, 0.25) is 0 Å². The van der Waals surface area contributed by atoms with Gasteiger partial charge >= 0.3 is 39.5 Å². The highest BCUT2D eigenvalue weighted by atomic mass is 31.2. The van der Waals surface area contributed by atoms with E-state index >= 15 is 0 Å². The van der Waals surface area contributed by atoms with E-state index in [4.69, 9.17) is 37.0 Å². The lowest BCUT2D eigenvalue weighted by Crippen LogP contribution is -2.30. The SMILES string of the molecule is CCC(C)CCCCCCCCCCCCC(=O)O[C@H](COC(=O)CCCCCCCCCCCC(C)C)COP(=O)(O)OC[C@H](O)COP(=O)(O)OC[C@@H](COC(=O)CCCCCCCCCCCCCCC(C)C)OC(=O)CCCCCCCCCCCCCCCCCCC(C)C. The van der Waals surface area contributed by atoms with E-state index in [-0.39, 0.29) is 25.7 Å². The molecule has 100 heavy (non-hydrogen) atoms. The molecule has 0 bridgehead atoms. The average Bonchev–Trinajstić information content (AvgIpc) is 0.931. The summed E-state index contributed by atoms with van der Waals surface area (Å²) in [5.41, 5.74) is 0. The zero-order valence-corrected chi connectivity index (χ0v) is 67.6. The Morgan fingerprint density at radius 3 is 0.710 bits per heavy atom. The van der Waals surface area contributed by atoms with Crippen LogP contribution in [0, 0.1) is 23.7 Å². The fraction of sp³-hybridized carbons (Fsp3) is 0.951. The largest absolute Gasteiger partial charge is 0.472 e. The van der Waals surface area contributed by atoms with Crippen molar-refractivity contribution in [1.82, 2.24) is 0 Å². The Morgan fingerprint density at radius 1 is 0.280 bits per heavy atom. The first-order chi connectivity index (χ1) is 48.1. The normalized spacial score (nSPS) is 14.3. The monoisotopic (exact) mass is 1470 g/mol. The van der Waals surface area contributed by atoms with E-state index in [1.54, 1.807) is 0 Å². The van der Waals surface area contributed by atoms with Crippen LogP contribution in [0.4, 0.5) is 0 Å². The first kappa shape index (κ1) is 98.1. The number of phosphoric acid groups is 2. The molecule has 3 N–H and O–H groups in total. The number of rotatable bonds is 78. The molecule has 3 unspecified atom stereocenters. The molecule has 0 aromatic heterocycles. The molecular formula is C81H158O17P2. The van der Waals surface area contributed by atoms with E-state index in [0.717, 1.165) is 114 Å². The van der Waals surface area contributed by atoms with Gasteiger partial charge in [-0.15, -0.1) is 0 Å². The standard InChI is InChI=1S/C81H158O17P2/c1-9-74(8)60-52-44-36-28-22-23-31-40-48-56-64-81(86)98-77(68-92-79(84)62-54-46-38-32-24-27-35-43-51-59-73(6)7)70-96-100(89,90)94-66-75(82)65-93-99(87,88)95-69-76(67-91-78(83)61-53-45-37-29-20-17-16-19-26-34-42-50-58-72(4)5)97-80(85)63-55-47-39-30-21-15-13-11-10-12-14-18-25-33-41-49-57-71(2)3/h71-77,82H,9-70H2,1-8H3,(H,87,88)(H,89,90)/t74?,75-,76-,77-/m1/s1. The molecule has 0 aliphatic rings. The highest BCUT2D eigenvalue weighted by molar-refractivity contribution is 7.47. The van der Waals surface area contributed by atoms with Crippen molar-refractivity contribution in [3.63, 3.8) is 0 Å². The molecule has 594 valence electrons. The maximum atomic E-state index is 13.1. The topological polar surface area (TPSA) is 237 Å². The second-order valence-electron chi connectivity index (χ2n) is 30.8. The Hall–Kier alpha value is -1.94. The van der Waals surface area contributed by atoms with Gasteiger partial charge in [0.25, 0.3) is 0 Å². The fourth-order valence-electron chi connectivity index (χ4n) is 12.4. The third-order valence-electron chi connectivity index (χ3n) is 19.2. The number of hydrogen-bond acceptors (Lipinski definition) is 15. The molecule has 0 heterocycles. The predicted molar refractivity (Wildman–Crippen MR) is 409 cm³/mol. The summed E-state index contributed by atoms with van der Waals surface area (Å²) in [5, 5.41) is 10.6. The van der Waals surface area contributed by atoms with Gasteiger partial charge < -0.3 is 33.8 Å². The van der Waals surface area contributed by atoms with Crippen molar-refractivity contribution in [2.75, 3.05) is 39.6 Å². The molecule has 0 aliphatic heterocycles. The summed E-state index contributed by atoms with van der Waals surface area (Å²) in [6, 6.07) is 0. The van der Waals surface area contributed by atoms with Gasteiger partial charge in [-0.3, -0.25) is 37.3 Å². The van der Waals surface area contributed by atoms with Crippen LogP contribution >= 0.6 is 15.6 Å². The average molecular weight is 1470 g/mol. The van der Waals surface area contributed by atoms with Gasteiger partial charge in [-0.25, -0.2) is 9.13 Å². The third kappa shape index (κ3) is 73.0. The van der Waals surface area contributed by atoms with Crippen molar-refractivity contribution in [2.24, 2.45) is 23.7 Å². The van der Waals surface area contributed by atoms with Gasteiger partial charge in [-0.05, 0) is 49.4 Å². The summed E-state index contributed by atoms with van der Waals surface area (Å²) in [4.78, 5) is 73.1. The fourth-order valence-corrected chi connectivity index (χ4v) is 14.0. The molecule has 0 aromatic rings. The Morgan fingerprint density at radius 2 is 0.480 bits per heavy atom. The number of esters is 4. The molecule has 19 heteroatoms. The van der Waals surface area contributed by atoms with E-state index in [1.807, 2.05) is 0 Å². The van der Waals surface area contributed by atoms with E-state index in [1.165, 1.54) is 218 Å². The van der Waals surface area contributed by atoms with Gasteiger partial charge in [-0.2, -0.15) is 0 Å². The molecule has 0 spiro atoms. The third-order valence-corrected chi connectivity index (χ3v) is 21.1. The van der Waals surface area contributed by atoms with Crippen molar-refractivity contribution in [3.05, 3.63) is 0 Å². The van der Waals surface area contributed by atoms with E-state index in [9.17, 15) is 43.2 Å². The summed E-state index contributed by atoms with van der Waals surface area (Å²) in [5.74, 6) is 1.02. The minimum atomic E-state index is -4.96. The lowest BCUT2D eigenvalue weighted by atomic mass is 9.99. The second-order valence-corrected chi connectivity index (χ2v) is 33.7. The Labute approximate surface area is 613 Å². The van der Waals surface area contributed by atoms with Crippen LogP contribution in [0.3, 0.4) is 0 Å². The number of aliphatic hydroxyl groups excluding tert-OH is 1. The van der Waals surface area contributed by atoms with Gasteiger partial charge in [0, 0.05) is 25.7 Å². The van der Waals surface area contributed by atoms with Gasteiger partial charge in [-0.1, -0.05) is 364 Å². The smallest absolute Gasteiger partial charge is 0.462 e. The zero-order chi connectivity index (χ0) is 73.8. The van der Waals surface area contributed by atoms with Crippen molar-refractivity contribution in [2.45, 2.75) is 433 Å². The van der Waals surface area contributed by atoms with Crippen LogP contribution in [0.1, 0.15) is 415 Å². The molecule has 0 rings (SSSR count). The number of unbranched alkanes of at least 4 members (excludes halogenated alkanes) is 43. The molecule has 0 saturated carbocycles. The van der Waals surface area contributed by atoms with Crippen LogP contribution in [0.25, 0.3) is 0 Å². The molecule has 0 aromatic carbocycles. The van der Waals surface area contributed by atoms with Crippen LogP contribution in [-0.4, -0.2) is 96.7 Å². The van der Waals surface area contributed by atoms with Crippen LogP contribution in [-0.2, 0) is 65.4 Å². The number of carbonyl (C=O) groups excluding carboxylic acids is 4. The number of ether oxygens (including phenoxy) is 4. The molecule has 0 radical (unpaired) electrons. The second kappa shape index (κ2) is 70.1. The summed E-state index contributed by atoms with van der Waals surface area (Å²) in [6.45, 7) is 14.3. The number of hydrogen-bond donors (Lipinski definition) is 3. The highest BCUT2D eigenvalue weighted by Crippen LogP contribution is 2.45. The van der Waals surface area contributed by atoms with Gasteiger partial charge in [0.05, 0.1) is 26.4 Å². The first-order valence-corrected chi connectivity index (χ1v) is 44.7. The van der Waals surface area contributed by atoms with Crippen molar-refractivity contribution in [1.29, 1.82) is 0 Å². The minimum absolute atomic E-state index is 0.106. The zero-order valence-electron chi connectivity index (χ0n) is 65.8.